The first-order valence-corrected chi connectivity index (χ1v) is 10.5. The summed E-state index contributed by atoms with van der Waals surface area (Å²) in [5.41, 5.74) is 1.10. The summed E-state index contributed by atoms with van der Waals surface area (Å²) < 4.78 is 49.1. The Labute approximate surface area is 178 Å². The lowest BCUT2D eigenvalue weighted by Gasteiger charge is -2.16. The molecule has 0 unspecified atom stereocenters. The standard InChI is InChI=1S/C20H18ClFN2O5S/c1-24(30(26,27)17-7-4-15(22)5-8-17)11-19(25)29-12-14-9-13-3-6-16(28-2)10-18(13)23-20(14)21/h3-10H,11-12H2,1-2H3. The number of nitrogens with zero attached hydrogens (tertiary/aromatic N) is 2. The number of esters is 1. The molecule has 1 heterocycles. The minimum atomic E-state index is -3.96. The minimum Gasteiger partial charge on any atom is -0.497 e. The molecule has 3 rings (SSSR count). The maximum atomic E-state index is 13.0. The van der Waals surface area contributed by atoms with Gasteiger partial charge in [-0.3, -0.25) is 4.79 Å². The highest BCUT2D eigenvalue weighted by Gasteiger charge is 2.23. The first-order valence-electron chi connectivity index (χ1n) is 8.71. The molecule has 0 saturated heterocycles. The molecule has 0 fully saturated rings. The van der Waals surface area contributed by atoms with Crippen LogP contribution in [-0.4, -0.2) is 44.4 Å². The van der Waals surface area contributed by atoms with Crippen molar-refractivity contribution in [1.29, 1.82) is 0 Å². The molecular weight excluding hydrogens is 435 g/mol. The van der Waals surface area contributed by atoms with Gasteiger partial charge in [0.2, 0.25) is 10.0 Å². The number of aromatic nitrogens is 1. The van der Waals surface area contributed by atoms with E-state index in [0.29, 0.717) is 16.8 Å². The van der Waals surface area contributed by atoms with E-state index in [-0.39, 0.29) is 16.7 Å². The lowest BCUT2D eigenvalue weighted by atomic mass is 10.1. The third-order valence-corrected chi connectivity index (χ3v) is 6.46. The predicted octanol–water partition coefficient (Wildman–Crippen LogP) is 3.40. The highest BCUT2D eigenvalue weighted by Crippen LogP contribution is 2.25. The van der Waals surface area contributed by atoms with E-state index in [1.807, 2.05) is 0 Å². The van der Waals surface area contributed by atoms with Crippen molar-refractivity contribution in [3.05, 3.63) is 65.1 Å². The van der Waals surface area contributed by atoms with Crippen molar-refractivity contribution in [3.8, 4) is 5.75 Å². The lowest BCUT2D eigenvalue weighted by molar-refractivity contribution is -0.144. The number of rotatable bonds is 7. The van der Waals surface area contributed by atoms with Crippen molar-refractivity contribution in [2.24, 2.45) is 0 Å². The molecule has 0 atom stereocenters. The Hall–Kier alpha value is -2.75. The molecule has 0 saturated carbocycles. The molecule has 0 aliphatic carbocycles. The third-order valence-electron chi connectivity index (χ3n) is 4.31. The van der Waals surface area contributed by atoms with Crippen molar-refractivity contribution in [2.45, 2.75) is 11.5 Å². The fourth-order valence-electron chi connectivity index (χ4n) is 2.65. The smallest absolute Gasteiger partial charge is 0.321 e. The lowest BCUT2D eigenvalue weighted by Crippen LogP contribution is -2.33. The molecule has 2 aromatic carbocycles. The van der Waals surface area contributed by atoms with Gasteiger partial charge < -0.3 is 9.47 Å². The van der Waals surface area contributed by atoms with Crippen LogP contribution in [0.5, 0.6) is 5.75 Å². The van der Waals surface area contributed by atoms with E-state index in [0.717, 1.165) is 34.0 Å². The Morgan fingerprint density at radius 1 is 1.17 bits per heavy atom. The van der Waals surface area contributed by atoms with E-state index < -0.39 is 28.4 Å². The van der Waals surface area contributed by atoms with E-state index >= 15 is 0 Å². The van der Waals surface area contributed by atoms with Gasteiger partial charge in [-0.25, -0.2) is 17.8 Å². The number of halogens is 2. The van der Waals surface area contributed by atoms with E-state index in [1.54, 1.807) is 31.4 Å². The van der Waals surface area contributed by atoms with Crippen molar-refractivity contribution in [2.75, 3.05) is 20.7 Å². The largest absolute Gasteiger partial charge is 0.497 e. The highest BCUT2D eigenvalue weighted by atomic mass is 35.5. The predicted molar refractivity (Wildman–Crippen MR) is 109 cm³/mol. The zero-order valence-electron chi connectivity index (χ0n) is 16.1. The van der Waals surface area contributed by atoms with Gasteiger partial charge in [0.05, 0.1) is 17.5 Å². The molecule has 0 aliphatic rings. The average Bonchev–Trinajstić information content (AvgIpc) is 2.72. The molecule has 3 aromatic rings. The number of carbonyl (C=O) groups is 1. The van der Waals surface area contributed by atoms with E-state index in [2.05, 4.69) is 4.98 Å². The highest BCUT2D eigenvalue weighted by molar-refractivity contribution is 7.89. The molecule has 7 nitrogen and oxygen atoms in total. The molecule has 0 bridgehead atoms. The summed E-state index contributed by atoms with van der Waals surface area (Å²) in [7, 11) is -1.18. The normalized spacial score (nSPS) is 11.6. The first kappa shape index (κ1) is 21.9. The zero-order chi connectivity index (χ0) is 21.9. The molecule has 0 aliphatic heterocycles. The summed E-state index contributed by atoms with van der Waals surface area (Å²) in [6, 6.07) is 11.3. The summed E-state index contributed by atoms with van der Waals surface area (Å²) in [6.07, 6.45) is 0. The van der Waals surface area contributed by atoms with Gasteiger partial charge in [-0.15, -0.1) is 0 Å². The summed E-state index contributed by atoms with van der Waals surface area (Å²) in [4.78, 5) is 16.3. The van der Waals surface area contributed by atoms with Crippen LogP contribution in [0.25, 0.3) is 10.9 Å². The fourth-order valence-corrected chi connectivity index (χ4v) is 3.97. The molecule has 0 N–H and O–H groups in total. The van der Waals surface area contributed by atoms with Gasteiger partial charge in [-0.2, -0.15) is 4.31 Å². The van der Waals surface area contributed by atoms with E-state index in [9.17, 15) is 17.6 Å². The van der Waals surface area contributed by atoms with E-state index in [4.69, 9.17) is 21.1 Å². The van der Waals surface area contributed by atoms with Crippen molar-refractivity contribution < 1.29 is 27.1 Å². The Kier molecular flexibility index (Phi) is 6.55. The number of hydrogen-bond donors (Lipinski definition) is 0. The Balaban J connectivity index is 1.66. The fraction of sp³-hybridized carbons (Fsp3) is 0.200. The van der Waals surface area contributed by atoms with Gasteiger partial charge in [0.1, 0.15) is 29.9 Å². The summed E-state index contributed by atoms with van der Waals surface area (Å²) >= 11 is 6.17. The van der Waals surface area contributed by atoms with Crippen LogP contribution in [-0.2, 0) is 26.2 Å². The number of pyridine rings is 1. The topological polar surface area (TPSA) is 85.8 Å². The molecular formula is C20H18ClFN2O5S. The monoisotopic (exact) mass is 452 g/mol. The Morgan fingerprint density at radius 3 is 2.53 bits per heavy atom. The average molecular weight is 453 g/mol. The van der Waals surface area contributed by atoms with Crippen molar-refractivity contribution >= 4 is 38.5 Å². The molecule has 10 heteroatoms. The molecule has 0 spiro atoms. The van der Waals surface area contributed by atoms with Crippen molar-refractivity contribution in [3.63, 3.8) is 0 Å². The maximum absolute atomic E-state index is 13.0. The van der Waals surface area contributed by atoms with Crippen LogP contribution in [0.2, 0.25) is 5.15 Å². The van der Waals surface area contributed by atoms with Gasteiger partial charge in [0.15, 0.2) is 0 Å². The minimum absolute atomic E-state index is 0.128. The number of benzene rings is 2. The number of sulfonamides is 1. The number of carbonyl (C=O) groups excluding carboxylic acids is 1. The third kappa shape index (κ3) is 4.86. The number of ether oxygens (including phenoxy) is 2. The summed E-state index contributed by atoms with van der Waals surface area (Å²) in [5.74, 6) is -0.694. The van der Waals surface area contributed by atoms with Gasteiger partial charge in [-0.1, -0.05) is 11.6 Å². The molecule has 1 aromatic heterocycles. The second-order valence-electron chi connectivity index (χ2n) is 6.37. The van der Waals surface area contributed by atoms with Crippen LogP contribution in [0.15, 0.2) is 53.4 Å². The van der Waals surface area contributed by atoms with Crippen LogP contribution < -0.4 is 4.74 Å². The van der Waals surface area contributed by atoms with Crippen LogP contribution in [0, 0.1) is 5.82 Å². The summed E-state index contributed by atoms with van der Waals surface area (Å²) in [5, 5.41) is 0.943. The number of methoxy groups -OCH3 is 1. The Bertz CT molecular complexity index is 1190. The molecule has 0 radical (unpaired) electrons. The second-order valence-corrected chi connectivity index (χ2v) is 8.78. The van der Waals surface area contributed by atoms with Crippen LogP contribution in [0.3, 0.4) is 0 Å². The number of hydrogen-bond acceptors (Lipinski definition) is 6. The molecule has 30 heavy (non-hydrogen) atoms. The Morgan fingerprint density at radius 2 is 1.87 bits per heavy atom. The van der Waals surface area contributed by atoms with Gasteiger partial charge in [0.25, 0.3) is 0 Å². The second kappa shape index (κ2) is 8.95. The van der Waals surface area contributed by atoms with Crippen LogP contribution in [0.1, 0.15) is 5.56 Å². The molecule has 0 amide bonds. The SMILES string of the molecule is COc1ccc2cc(COC(=O)CN(C)S(=O)(=O)c3ccc(F)cc3)c(Cl)nc2c1. The van der Waals surface area contributed by atoms with Gasteiger partial charge in [0, 0.05) is 24.1 Å². The van der Waals surface area contributed by atoms with Crippen LogP contribution >= 0.6 is 11.6 Å². The first-order chi connectivity index (χ1) is 14.2. The maximum Gasteiger partial charge on any atom is 0.321 e. The quantitative estimate of drug-likeness (QED) is 0.403. The number of likely N-dealkylation sites (N-methyl/N-ethyl adjacent to an activating group) is 1. The van der Waals surface area contributed by atoms with Gasteiger partial charge in [-0.05, 0) is 42.5 Å². The van der Waals surface area contributed by atoms with Crippen molar-refractivity contribution in [1.82, 2.24) is 9.29 Å². The van der Waals surface area contributed by atoms with E-state index in [1.165, 1.54) is 7.05 Å². The van der Waals surface area contributed by atoms with Crippen LogP contribution in [0.4, 0.5) is 4.39 Å². The molecule has 158 valence electrons. The zero-order valence-corrected chi connectivity index (χ0v) is 17.7. The van der Waals surface area contributed by atoms with Gasteiger partial charge >= 0.3 is 5.97 Å². The number of fused-ring (bicyclic) bond motifs is 1. The summed E-state index contributed by atoms with van der Waals surface area (Å²) in [6.45, 7) is -0.688.